The van der Waals surface area contributed by atoms with E-state index >= 15 is 4.57 Å². The van der Waals surface area contributed by atoms with E-state index in [1.165, 1.54) is 44.8 Å². The van der Waals surface area contributed by atoms with E-state index < -0.39 is 14.3 Å². The highest BCUT2D eigenvalue weighted by Gasteiger charge is 2.41. The largest absolute Gasteiger partial charge is 0.355 e. The average molecular weight is 1650 g/mol. The van der Waals surface area contributed by atoms with E-state index in [0.29, 0.717) is 0 Å². The van der Waals surface area contributed by atoms with Crippen molar-refractivity contribution in [1.82, 2.24) is 0 Å². The van der Waals surface area contributed by atoms with Crippen LogP contribution in [0.3, 0.4) is 0 Å². The van der Waals surface area contributed by atoms with E-state index in [9.17, 15) is 4.57 Å². The van der Waals surface area contributed by atoms with Crippen LogP contribution in [0, 0.1) is 0 Å². The first-order valence-electron chi connectivity index (χ1n) is 32.8. The van der Waals surface area contributed by atoms with E-state index in [0.717, 1.165) is 88.3 Å². The quantitative estimate of drug-likeness (QED) is 0.154. The summed E-state index contributed by atoms with van der Waals surface area (Å²) in [4.78, 5) is 4.77. The van der Waals surface area contributed by atoms with Gasteiger partial charge < -0.3 is 24.2 Å². The van der Waals surface area contributed by atoms with E-state index in [4.69, 9.17) is 0 Å². The highest BCUT2D eigenvalue weighted by atomic mass is 79.9. The van der Waals surface area contributed by atoms with Gasteiger partial charge in [0.2, 0.25) is 0 Å². The molecule has 0 unspecified atom stereocenters. The minimum absolute atomic E-state index is 0.0818. The predicted octanol–water partition coefficient (Wildman–Crippen LogP) is 24.4. The zero-order valence-corrected chi connectivity index (χ0v) is 65.3. The van der Waals surface area contributed by atoms with Crippen LogP contribution < -0.4 is 46.9 Å². The number of rotatable bonds is 8. The molecule has 3 heterocycles. The van der Waals surface area contributed by atoms with Gasteiger partial charge in [0.15, 0.2) is 14.3 Å². The molecular formula is C87H72Br5N3O2P2. The molecule has 0 fully saturated rings. The van der Waals surface area contributed by atoms with Gasteiger partial charge >= 0.3 is 0 Å². The molecule has 12 heteroatoms. The van der Waals surface area contributed by atoms with Crippen LogP contribution in [0.1, 0.15) is 74.9 Å². The van der Waals surface area contributed by atoms with Gasteiger partial charge in [-0.05, 0) is 124 Å². The number of nitrogens with one attached hydrogen (secondary N) is 1. The lowest BCUT2D eigenvalue weighted by Crippen LogP contribution is -2.33. The molecule has 99 heavy (non-hydrogen) atoms. The maximum absolute atomic E-state index is 16.2. The third kappa shape index (κ3) is 13.7. The van der Waals surface area contributed by atoms with Crippen molar-refractivity contribution in [1.29, 1.82) is 0 Å². The molecular weight excluding hydrogens is 1580 g/mol. The lowest BCUT2D eigenvalue weighted by atomic mass is 9.73. The fourth-order valence-electron chi connectivity index (χ4n) is 14.2. The number of para-hydroxylation sites is 6. The first-order valence-corrected chi connectivity index (χ1v) is 40.2. The van der Waals surface area contributed by atoms with Gasteiger partial charge in [0.1, 0.15) is 0 Å². The van der Waals surface area contributed by atoms with Gasteiger partial charge in [0, 0.05) is 93.2 Å². The summed E-state index contributed by atoms with van der Waals surface area (Å²) in [7, 11) is -6.27. The van der Waals surface area contributed by atoms with Crippen LogP contribution in [0.25, 0.3) is 0 Å². The molecule has 1 N–H and O–H groups in total. The Hall–Kier alpha value is -7.88. The van der Waals surface area contributed by atoms with Gasteiger partial charge in [0.05, 0.1) is 22.7 Å². The molecule has 0 saturated carbocycles. The van der Waals surface area contributed by atoms with E-state index in [1.54, 1.807) is 0 Å². The molecule has 16 rings (SSSR count). The van der Waals surface area contributed by atoms with Crippen molar-refractivity contribution in [3.05, 3.63) is 377 Å². The second-order valence-corrected chi connectivity index (χ2v) is 36.4. The predicted molar refractivity (Wildman–Crippen MR) is 439 cm³/mol. The fraction of sp³-hybridized carbons (Fsp3) is 0.103. The lowest BCUT2D eigenvalue weighted by molar-refractivity contribution is 0.591. The lowest BCUT2D eigenvalue weighted by Gasteiger charge is -2.44. The second-order valence-electron chi connectivity index (χ2n) is 26.3. The SMILES string of the molecule is Brc1cc(Br)cc(Br)c1.CC1(C)c2ccccc2N(c2cc(N3c4ccccc4C(C)(C)c4ccccc43)cc(P(=O)(c3ccccc3)c3ccccc3)c2)c2ccccc21.CC1(C)c2ccccc2Nc2ccccc21.O=P(c1ccccc1)(c1ccccc1)c1cc(Br)cc(Br)c1. The fourth-order valence-corrected chi connectivity index (χ4v) is 23.6. The van der Waals surface area contributed by atoms with Crippen molar-refractivity contribution < 1.29 is 9.13 Å². The molecule has 13 aromatic carbocycles. The van der Waals surface area contributed by atoms with Crippen molar-refractivity contribution in [3.8, 4) is 0 Å². The standard InChI is InChI=1S/C48H41N2OP.C18H13Br2OP.C15H15N.C6H3Br3/c1-47(2)39-23-11-15-27-43(39)49(44-28-16-12-24-40(44)47)34-31-35(50-45-29-17-13-25-41(45)48(3,4)42-26-14-18-30-46(42)50)33-38(32-34)52(51,36-19-7-5-8-20-36)37-21-9-6-10-22-37;19-14-11-15(20)13-18(12-14)22(21,16-7-3-1-4-8-16)17-9-5-2-6-10-17;1-15(2)11-7-3-5-9-13(11)16-14-10-6-4-8-12(14)15;7-4-1-5(8)3-6(9)2-4/h5-33H,1-4H3;1-13H;3-10,16H,1-2H3;1-3H. The van der Waals surface area contributed by atoms with Gasteiger partial charge in [-0.2, -0.15) is 0 Å². The number of fused-ring (bicyclic) bond motifs is 6. The number of hydrogen-bond donors (Lipinski definition) is 1. The Kier molecular flexibility index (Phi) is 20.4. The van der Waals surface area contributed by atoms with E-state index in [1.807, 2.05) is 158 Å². The summed E-state index contributed by atoms with van der Waals surface area (Å²) < 4.78 is 35.4. The number of halogens is 5. The topological polar surface area (TPSA) is 52.6 Å². The molecule has 3 aliphatic rings. The molecule has 0 aromatic heterocycles. The molecule has 0 saturated heterocycles. The van der Waals surface area contributed by atoms with E-state index in [-0.39, 0.29) is 16.2 Å². The molecule has 13 aromatic rings. The first-order chi connectivity index (χ1) is 47.7. The van der Waals surface area contributed by atoms with Crippen LogP contribution in [-0.2, 0) is 25.4 Å². The third-order valence-corrected chi connectivity index (χ3v) is 27.4. The van der Waals surface area contributed by atoms with Crippen molar-refractivity contribution >= 4 is 171 Å². The molecule has 3 aliphatic heterocycles. The monoisotopic (exact) mass is 1650 g/mol. The molecule has 0 aliphatic carbocycles. The van der Waals surface area contributed by atoms with Crippen LogP contribution in [0.15, 0.2) is 344 Å². The number of anilines is 8. The van der Waals surface area contributed by atoms with Crippen LogP contribution in [0.2, 0.25) is 0 Å². The van der Waals surface area contributed by atoms with Crippen LogP contribution in [0.4, 0.5) is 45.5 Å². The van der Waals surface area contributed by atoms with Gasteiger partial charge in [-0.3, -0.25) is 0 Å². The summed E-state index contributed by atoms with van der Waals surface area (Å²) in [5.41, 5.74) is 16.3. The zero-order valence-electron chi connectivity index (χ0n) is 55.6. The molecule has 5 nitrogen and oxygen atoms in total. The Labute approximate surface area is 624 Å². The van der Waals surface area contributed by atoms with Gasteiger partial charge in [-0.15, -0.1) is 0 Å². The number of benzene rings is 13. The molecule has 0 bridgehead atoms. The number of nitrogens with zero attached hydrogens (tertiary/aromatic N) is 2. The normalized spacial score (nSPS) is 14.0. The Morgan fingerprint density at radius 2 is 0.475 bits per heavy atom. The van der Waals surface area contributed by atoms with Gasteiger partial charge in [0.25, 0.3) is 0 Å². The molecule has 0 radical (unpaired) electrons. The Morgan fingerprint density at radius 1 is 0.253 bits per heavy atom. The minimum Gasteiger partial charge on any atom is -0.355 e. The highest BCUT2D eigenvalue weighted by Crippen LogP contribution is 2.57. The van der Waals surface area contributed by atoms with Gasteiger partial charge in [-0.25, -0.2) is 0 Å². The van der Waals surface area contributed by atoms with Crippen molar-refractivity contribution in [2.75, 3.05) is 15.1 Å². The summed E-state index contributed by atoms with van der Waals surface area (Å²) >= 11 is 17.1. The maximum atomic E-state index is 16.2. The average Bonchev–Trinajstić information content (AvgIpc) is 0.725. The Morgan fingerprint density at radius 3 is 0.768 bits per heavy atom. The molecule has 0 amide bonds. The van der Waals surface area contributed by atoms with Crippen molar-refractivity contribution in [2.45, 2.75) is 57.8 Å². The minimum atomic E-state index is -3.37. The third-order valence-electron chi connectivity index (χ3n) is 19.0. The van der Waals surface area contributed by atoms with Crippen LogP contribution >= 0.6 is 93.9 Å². The summed E-state index contributed by atoms with van der Waals surface area (Å²) in [5.74, 6) is 0. The number of hydrogen-bond acceptors (Lipinski definition) is 5. The zero-order chi connectivity index (χ0) is 69.3. The van der Waals surface area contributed by atoms with Crippen LogP contribution in [0.5, 0.6) is 0 Å². The van der Waals surface area contributed by atoms with E-state index in [2.05, 4.69) is 300 Å². The smallest absolute Gasteiger partial charge is 0.171 e. The Balaban J connectivity index is 0.000000151. The summed E-state index contributed by atoms with van der Waals surface area (Å²) in [5, 5.41) is 8.40. The maximum Gasteiger partial charge on any atom is 0.171 e. The summed E-state index contributed by atoms with van der Waals surface area (Å²) in [6.07, 6.45) is 0. The Bertz CT molecular complexity index is 4780. The molecule has 0 spiro atoms. The highest BCUT2D eigenvalue weighted by molar-refractivity contribution is 9.12. The van der Waals surface area contributed by atoms with Crippen LogP contribution in [-0.4, -0.2) is 0 Å². The first kappa shape index (κ1) is 69.6. The summed E-state index contributed by atoms with van der Waals surface area (Å²) in [6, 6.07) is 110. The molecule has 0 atom stereocenters. The van der Waals surface area contributed by atoms with Crippen molar-refractivity contribution in [3.63, 3.8) is 0 Å². The summed E-state index contributed by atoms with van der Waals surface area (Å²) in [6.45, 7) is 13.8. The van der Waals surface area contributed by atoms with Crippen molar-refractivity contribution in [2.24, 2.45) is 0 Å². The van der Waals surface area contributed by atoms with Gasteiger partial charge in [-0.1, -0.05) is 352 Å². The molecule has 492 valence electrons. The second kappa shape index (κ2) is 29.0.